The maximum Gasteiger partial charge on any atom is 0.0953 e. The minimum absolute atomic E-state index is 0.793. The van der Waals surface area contributed by atoms with Crippen LogP contribution in [-0.2, 0) is 11.9 Å². The fourth-order valence-corrected chi connectivity index (χ4v) is 1.79. The third kappa shape index (κ3) is 2.13. The van der Waals surface area contributed by atoms with Crippen molar-refractivity contribution in [2.45, 2.75) is 11.9 Å². The molecule has 0 saturated heterocycles. The second-order valence-electron chi connectivity index (χ2n) is 2.55. The molecule has 0 aliphatic heterocycles. The lowest BCUT2D eigenvalue weighted by Gasteiger charge is -1.95. The van der Waals surface area contributed by atoms with E-state index in [2.05, 4.69) is 30.5 Å². The first-order valence-electron chi connectivity index (χ1n) is 3.71. The Balaban J connectivity index is 2.10. The summed E-state index contributed by atoms with van der Waals surface area (Å²) in [5.41, 5.74) is 1.04. The van der Waals surface area contributed by atoms with Crippen LogP contribution in [0.4, 0.5) is 0 Å². The topological polar surface area (TPSA) is 43.6 Å². The van der Waals surface area contributed by atoms with Crippen LogP contribution in [0.3, 0.4) is 0 Å². The molecular weight excluding hydrogens is 252 g/mol. The first-order valence-corrected chi connectivity index (χ1v) is 5.61. The Labute approximate surface area is 87.9 Å². The van der Waals surface area contributed by atoms with Crippen LogP contribution in [-0.4, -0.2) is 19.1 Å². The fraction of sp³-hybridized carbons (Fsp3) is 0.286. The summed E-state index contributed by atoms with van der Waals surface area (Å²) in [5, 5.41) is 4.56. The van der Waals surface area contributed by atoms with Crippen LogP contribution in [0.25, 0.3) is 0 Å². The number of hydrogen-bond acceptors (Lipinski definition) is 4. The number of aromatic nitrogens is 4. The zero-order valence-corrected chi connectivity index (χ0v) is 9.12. The lowest BCUT2D eigenvalue weighted by atomic mass is 10.5. The highest BCUT2D eigenvalue weighted by atomic mass is 79.9. The molecule has 4 nitrogen and oxygen atoms in total. The molecular formula is C7H7BrN4S. The quantitative estimate of drug-likeness (QED) is 0.787. The molecule has 0 amide bonds. The average molecular weight is 259 g/mol. The maximum absolute atomic E-state index is 4.20. The van der Waals surface area contributed by atoms with Gasteiger partial charge in [-0.2, -0.15) is 0 Å². The highest BCUT2D eigenvalue weighted by Gasteiger charge is 1.99. The van der Waals surface area contributed by atoms with Crippen LogP contribution in [0.2, 0.25) is 0 Å². The molecule has 0 aromatic carbocycles. The summed E-state index contributed by atoms with van der Waals surface area (Å²) >= 11 is 4.76. The summed E-state index contributed by atoms with van der Waals surface area (Å²) < 4.78 is 5.81. The first-order chi connectivity index (χ1) is 6.38. The lowest BCUT2D eigenvalue weighted by molar-refractivity contribution is 0.807. The van der Waals surface area contributed by atoms with Gasteiger partial charge in [-0.3, -0.25) is 0 Å². The van der Waals surface area contributed by atoms with Crippen LogP contribution < -0.4 is 0 Å². The van der Waals surface area contributed by atoms with Gasteiger partial charge in [-0.25, -0.2) is 4.98 Å². The zero-order chi connectivity index (χ0) is 9.10. The predicted molar refractivity (Wildman–Crippen MR) is 53.9 cm³/mol. The summed E-state index contributed by atoms with van der Waals surface area (Å²) in [4.78, 5) is 5.33. The summed E-state index contributed by atoms with van der Waals surface area (Å²) in [5.74, 6) is 0. The molecule has 0 fully saturated rings. The maximum atomic E-state index is 4.20. The van der Waals surface area contributed by atoms with Gasteiger partial charge in [0, 0.05) is 11.5 Å². The van der Waals surface area contributed by atoms with E-state index in [4.69, 9.17) is 0 Å². The Hall–Kier alpha value is -0.750. The Morgan fingerprint density at radius 2 is 2.46 bits per heavy atom. The van der Waals surface area contributed by atoms with Crippen LogP contribution in [0.5, 0.6) is 0 Å². The summed E-state index contributed by atoms with van der Waals surface area (Å²) in [6, 6.07) is 0. The van der Waals surface area contributed by atoms with Crippen LogP contribution in [0.15, 0.2) is 18.7 Å². The van der Waals surface area contributed by atoms with Gasteiger partial charge in [0.15, 0.2) is 0 Å². The van der Waals surface area contributed by atoms with E-state index >= 15 is 0 Å². The molecule has 0 saturated carbocycles. The molecule has 68 valence electrons. The minimum atomic E-state index is 0.793. The summed E-state index contributed by atoms with van der Waals surface area (Å²) in [6.07, 6.45) is 5.60. The third-order valence-electron chi connectivity index (χ3n) is 1.57. The molecule has 0 bridgehead atoms. The number of imidazole rings is 1. The van der Waals surface area contributed by atoms with Gasteiger partial charge in [-0.1, -0.05) is 20.4 Å². The molecule has 0 radical (unpaired) electrons. The molecule has 0 N–H and O–H groups in total. The average Bonchev–Trinajstić information content (AvgIpc) is 2.76. The van der Waals surface area contributed by atoms with Crippen molar-refractivity contribution in [1.82, 2.24) is 19.1 Å². The van der Waals surface area contributed by atoms with E-state index in [0.717, 1.165) is 22.4 Å². The lowest BCUT2D eigenvalue weighted by Crippen LogP contribution is -1.93. The van der Waals surface area contributed by atoms with E-state index < -0.39 is 0 Å². The first kappa shape index (κ1) is 8.83. The van der Waals surface area contributed by atoms with Gasteiger partial charge in [-0.15, -0.1) is 5.10 Å². The number of rotatable bonds is 3. The second-order valence-corrected chi connectivity index (χ2v) is 3.99. The number of hydrogen-bond donors (Lipinski definition) is 0. The molecule has 13 heavy (non-hydrogen) atoms. The van der Waals surface area contributed by atoms with E-state index in [1.807, 2.05) is 17.1 Å². The van der Waals surface area contributed by atoms with E-state index in [9.17, 15) is 0 Å². The molecule has 0 aliphatic carbocycles. The van der Waals surface area contributed by atoms with Gasteiger partial charge in [0.2, 0.25) is 0 Å². The molecule has 0 aliphatic rings. The molecule has 0 spiro atoms. The van der Waals surface area contributed by atoms with Gasteiger partial charge in [-0.05, 0) is 11.5 Å². The summed E-state index contributed by atoms with van der Waals surface area (Å²) in [6.45, 7) is 0.803. The van der Waals surface area contributed by atoms with Crippen molar-refractivity contribution < 1.29 is 0 Å². The van der Waals surface area contributed by atoms with E-state index in [1.165, 1.54) is 11.5 Å². The van der Waals surface area contributed by atoms with Crippen molar-refractivity contribution in [2.24, 2.45) is 0 Å². The van der Waals surface area contributed by atoms with Crippen molar-refractivity contribution in [2.75, 3.05) is 0 Å². The van der Waals surface area contributed by atoms with Crippen molar-refractivity contribution >= 4 is 27.5 Å². The van der Waals surface area contributed by atoms with Crippen molar-refractivity contribution in [3.8, 4) is 0 Å². The predicted octanol–water partition coefficient (Wildman–Crippen LogP) is 1.68. The largest absolute Gasteiger partial charge is 0.332 e. The van der Waals surface area contributed by atoms with E-state index in [0.29, 0.717) is 0 Å². The Morgan fingerprint density at radius 1 is 1.54 bits per heavy atom. The summed E-state index contributed by atoms with van der Waals surface area (Å²) in [7, 11) is 0. The number of alkyl halides is 1. The van der Waals surface area contributed by atoms with Crippen molar-refractivity contribution in [1.29, 1.82) is 0 Å². The van der Waals surface area contributed by atoms with Crippen LogP contribution >= 0.6 is 27.5 Å². The fourth-order valence-electron chi connectivity index (χ4n) is 0.999. The SMILES string of the molecule is BrCc1cn(Cc2cnns2)cn1. The molecule has 0 atom stereocenters. The third-order valence-corrected chi connectivity index (χ3v) is 2.79. The Bertz CT molecular complexity index is 370. The Kier molecular flexibility index (Phi) is 2.70. The Morgan fingerprint density at radius 3 is 3.08 bits per heavy atom. The van der Waals surface area contributed by atoms with Gasteiger partial charge in [0.1, 0.15) is 0 Å². The standard InChI is InChI=1S/C7H7BrN4S/c8-1-6-3-12(5-9-6)4-7-2-10-11-13-7/h2-3,5H,1,4H2. The highest BCUT2D eigenvalue weighted by Crippen LogP contribution is 2.07. The second kappa shape index (κ2) is 3.97. The van der Waals surface area contributed by atoms with Crippen molar-refractivity contribution in [3.63, 3.8) is 0 Å². The van der Waals surface area contributed by atoms with Gasteiger partial charge in [0.05, 0.1) is 29.6 Å². The monoisotopic (exact) mass is 258 g/mol. The highest BCUT2D eigenvalue weighted by molar-refractivity contribution is 9.08. The van der Waals surface area contributed by atoms with Crippen LogP contribution in [0, 0.1) is 0 Å². The van der Waals surface area contributed by atoms with Gasteiger partial charge >= 0.3 is 0 Å². The molecule has 2 aromatic heterocycles. The normalized spacial score (nSPS) is 10.5. The minimum Gasteiger partial charge on any atom is -0.332 e. The van der Waals surface area contributed by atoms with Crippen LogP contribution in [0.1, 0.15) is 10.6 Å². The number of nitrogens with zero attached hydrogens (tertiary/aromatic N) is 4. The molecule has 0 unspecified atom stereocenters. The molecule has 6 heteroatoms. The van der Waals surface area contributed by atoms with E-state index in [-0.39, 0.29) is 0 Å². The number of halogens is 1. The van der Waals surface area contributed by atoms with Gasteiger partial charge in [0.25, 0.3) is 0 Å². The molecule has 2 heterocycles. The van der Waals surface area contributed by atoms with Crippen molar-refractivity contribution in [3.05, 3.63) is 29.3 Å². The molecule has 2 aromatic rings. The molecule has 2 rings (SSSR count). The zero-order valence-electron chi connectivity index (χ0n) is 6.72. The van der Waals surface area contributed by atoms with Gasteiger partial charge < -0.3 is 4.57 Å². The smallest absolute Gasteiger partial charge is 0.0953 e. The van der Waals surface area contributed by atoms with E-state index in [1.54, 1.807) is 6.20 Å².